The second kappa shape index (κ2) is 9.94. The number of aromatic nitrogens is 3. The van der Waals surface area contributed by atoms with Gasteiger partial charge < -0.3 is 5.11 Å². The number of fused-ring (bicyclic) bond motifs is 1. The molecule has 192 valence electrons. The van der Waals surface area contributed by atoms with Gasteiger partial charge in [0.15, 0.2) is 11.4 Å². The number of sulfonamides is 1. The van der Waals surface area contributed by atoms with Crippen LogP contribution >= 0.6 is 11.8 Å². The minimum atomic E-state index is -4.54. The number of aromatic carboxylic acids is 1. The summed E-state index contributed by atoms with van der Waals surface area (Å²) in [5, 5.41) is 17.1. The minimum Gasteiger partial charge on any atom is -0.477 e. The third-order valence-corrected chi connectivity index (χ3v) is 7.30. The third-order valence-electron chi connectivity index (χ3n) is 4.70. The van der Waals surface area contributed by atoms with Crippen LogP contribution < -0.4 is 5.14 Å². The Bertz CT molecular complexity index is 1470. The number of ketones is 1. The van der Waals surface area contributed by atoms with Crippen molar-refractivity contribution in [2.45, 2.75) is 24.8 Å². The summed E-state index contributed by atoms with van der Waals surface area (Å²) >= 11 is 0.979. The number of hydrogen-bond acceptors (Lipinski definition) is 7. The molecule has 1 aromatic carbocycles. The van der Waals surface area contributed by atoms with Crippen LogP contribution in [0.5, 0.6) is 0 Å². The maximum Gasteiger partial charge on any atom is 0.416 e. The number of halogens is 5. The summed E-state index contributed by atoms with van der Waals surface area (Å²) < 4.78 is 86.3. The van der Waals surface area contributed by atoms with Crippen LogP contribution in [0.3, 0.4) is 0 Å². The van der Waals surface area contributed by atoms with Gasteiger partial charge in [-0.25, -0.2) is 36.6 Å². The Morgan fingerprint density at radius 3 is 2.25 bits per heavy atom. The number of carboxylic acid groups (broad SMARTS) is 1. The number of alkyl halides is 5. The first-order valence-corrected chi connectivity index (χ1v) is 12.0. The lowest BCUT2D eigenvalue weighted by Crippen LogP contribution is -2.11. The summed E-state index contributed by atoms with van der Waals surface area (Å²) in [7, 11) is -3.67. The number of thioether (sulfide) groups is 1. The van der Waals surface area contributed by atoms with Crippen molar-refractivity contribution in [2.75, 3.05) is 0 Å². The Labute approximate surface area is 203 Å². The van der Waals surface area contributed by atoms with Gasteiger partial charge in [0.05, 0.1) is 22.7 Å². The van der Waals surface area contributed by atoms with Gasteiger partial charge in [-0.15, -0.1) is 11.8 Å². The highest BCUT2D eigenvalue weighted by molar-refractivity contribution is 8.19. The summed E-state index contributed by atoms with van der Waals surface area (Å²) in [6.45, 7) is 1.64. The highest BCUT2D eigenvalue weighted by Gasteiger charge is 2.30. The van der Waals surface area contributed by atoms with Gasteiger partial charge in [0.25, 0.3) is 6.43 Å². The molecule has 0 aliphatic carbocycles. The van der Waals surface area contributed by atoms with Crippen molar-refractivity contribution in [2.24, 2.45) is 5.14 Å². The van der Waals surface area contributed by atoms with Gasteiger partial charge in [0.1, 0.15) is 15.5 Å². The first-order valence-electron chi connectivity index (χ1n) is 9.62. The summed E-state index contributed by atoms with van der Waals surface area (Å²) in [4.78, 5) is 25.9. The second-order valence-corrected chi connectivity index (χ2v) is 10.4. The number of carbonyl (C=O) groups excluding carboxylic acids is 1. The molecule has 0 saturated heterocycles. The number of carboxylic acids is 1. The van der Waals surface area contributed by atoms with Crippen molar-refractivity contribution >= 4 is 39.2 Å². The minimum absolute atomic E-state index is 0.0324. The number of nitrogens with two attached hydrogens (primary N) is 1. The number of rotatable bonds is 4. The van der Waals surface area contributed by atoms with E-state index in [4.69, 9.17) is 10.2 Å². The average Bonchev–Trinajstić information content (AvgIpc) is 3.36. The van der Waals surface area contributed by atoms with Crippen LogP contribution in [0.25, 0.3) is 16.9 Å². The van der Waals surface area contributed by atoms with E-state index in [-0.39, 0.29) is 32.2 Å². The molecule has 1 aliphatic rings. The molecule has 1 aliphatic heterocycles. The molecule has 0 bridgehead atoms. The molecule has 0 fully saturated rings. The largest absolute Gasteiger partial charge is 0.477 e. The SMILES string of the molecule is CC1SC(S(N)(=O)=O)=CC1=O.O=C(O)c1cnn2c(C(F)F)cc(-c3ccc(C(F)(F)F)cc3)nc12. The quantitative estimate of drug-likeness (QED) is 0.466. The zero-order valence-electron chi connectivity index (χ0n) is 17.9. The maximum atomic E-state index is 13.2. The zero-order valence-corrected chi connectivity index (χ0v) is 19.5. The summed E-state index contributed by atoms with van der Waals surface area (Å²) in [6, 6.07) is 4.69. The summed E-state index contributed by atoms with van der Waals surface area (Å²) in [5.41, 5.74) is -2.18. The van der Waals surface area contributed by atoms with E-state index in [1.54, 1.807) is 6.92 Å². The molecule has 3 heterocycles. The number of nitrogens with zero attached hydrogens (tertiary/aromatic N) is 3. The highest BCUT2D eigenvalue weighted by atomic mass is 32.3. The van der Waals surface area contributed by atoms with E-state index in [2.05, 4.69) is 10.1 Å². The van der Waals surface area contributed by atoms with E-state index in [1.807, 2.05) is 0 Å². The van der Waals surface area contributed by atoms with Crippen molar-refractivity contribution in [3.05, 3.63) is 63.7 Å². The fourth-order valence-electron chi connectivity index (χ4n) is 2.92. The zero-order chi connectivity index (χ0) is 27.0. The van der Waals surface area contributed by atoms with E-state index >= 15 is 0 Å². The number of allylic oxidation sites excluding steroid dienone is 1. The molecule has 1 unspecified atom stereocenters. The smallest absolute Gasteiger partial charge is 0.416 e. The van der Waals surface area contributed by atoms with E-state index in [0.717, 1.165) is 54.4 Å². The van der Waals surface area contributed by atoms with Gasteiger partial charge in [-0.05, 0) is 25.1 Å². The van der Waals surface area contributed by atoms with Crippen molar-refractivity contribution in [1.29, 1.82) is 0 Å². The predicted molar refractivity (Wildman–Crippen MR) is 119 cm³/mol. The Kier molecular flexibility index (Phi) is 7.52. The lowest BCUT2D eigenvalue weighted by molar-refractivity contribution is -0.137. The van der Waals surface area contributed by atoms with E-state index in [1.165, 1.54) is 0 Å². The average molecular weight is 550 g/mol. The normalized spacial score (nSPS) is 16.2. The lowest BCUT2D eigenvalue weighted by atomic mass is 10.1. The fourth-order valence-corrected chi connectivity index (χ4v) is 4.89. The molecular weight excluding hydrogens is 535 g/mol. The Balaban J connectivity index is 0.000000275. The summed E-state index contributed by atoms with van der Waals surface area (Å²) in [6.07, 6.45) is -5.57. The van der Waals surface area contributed by atoms with Crippen molar-refractivity contribution in [1.82, 2.24) is 14.6 Å². The first kappa shape index (κ1) is 27.2. The number of primary sulfonamides is 1. The standard InChI is InChI=1S/C15H8F5N3O2.C5H7NO3S2/c16-12(17)11-5-10(7-1-3-8(4-2-7)15(18,19)20)22-13-9(14(24)25)6-21-23(11)13;1-3-4(7)2-5(10-3)11(6,8)9/h1-6,12H,(H,24,25);2-3H,1H3,(H2,6,8,9). The monoisotopic (exact) mass is 550 g/mol. The molecule has 0 amide bonds. The molecule has 4 rings (SSSR count). The van der Waals surface area contributed by atoms with E-state index in [9.17, 15) is 40.0 Å². The van der Waals surface area contributed by atoms with Gasteiger partial charge in [0, 0.05) is 11.6 Å². The van der Waals surface area contributed by atoms with E-state index in [0.29, 0.717) is 4.52 Å². The molecule has 3 aromatic rings. The van der Waals surface area contributed by atoms with Crippen LogP contribution in [0, 0.1) is 0 Å². The molecule has 3 N–H and O–H groups in total. The van der Waals surface area contributed by atoms with E-state index < -0.39 is 45.4 Å². The first-order chi connectivity index (χ1) is 16.6. The van der Waals surface area contributed by atoms with Gasteiger partial charge in [-0.3, -0.25) is 4.79 Å². The van der Waals surface area contributed by atoms with Crippen LogP contribution in [0.1, 0.15) is 35.0 Å². The fraction of sp³-hybridized carbons (Fsp3) is 0.200. The molecule has 0 spiro atoms. The van der Waals surface area contributed by atoms with Crippen molar-refractivity contribution < 1.29 is 45.1 Å². The topological polar surface area (TPSA) is 145 Å². The van der Waals surface area contributed by atoms with Crippen molar-refractivity contribution in [3.63, 3.8) is 0 Å². The summed E-state index contributed by atoms with van der Waals surface area (Å²) in [5.74, 6) is -1.61. The second-order valence-electron chi connectivity index (χ2n) is 7.21. The molecule has 2 aromatic heterocycles. The molecule has 1 atom stereocenters. The highest BCUT2D eigenvalue weighted by Crippen LogP contribution is 2.33. The van der Waals surface area contributed by atoms with Crippen LogP contribution in [0.4, 0.5) is 22.0 Å². The van der Waals surface area contributed by atoms with Gasteiger partial charge in [0.2, 0.25) is 10.0 Å². The van der Waals surface area contributed by atoms with Crippen LogP contribution in [-0.2, 0) is 21.0 Å². The number of benzene rings is 1. The van der Waals surface area contributed by atoms with Gasteiger partial charge >= 0.3 is 12.1 Å². The molecule has 0 saturated carbocycles. The predicted octanol–water partition coefficient (Wildman–Crippen LogP) is 3.87. The molecule has 16 heteroatoms. The molecular formula is C20H15F5N4O5S2. The Hall–Kier alpha value is -3.37. The van der Waals surface area contributed by atoms with Crippen molar-refractivity contribution in [3.8, 4) is 11.3 Å². The third kappa shape index (κ3) is 5.88. The van der Waals surface area contributed by atoms with Gasteiger partial charge in [-0.2, -0.15) is 18.3 Å². The maximum absolute atomic E-state index is 13.2. The Morgan fingerprint density at radius 2 is 1.83 bits per heavy atom. The number of hydrogen-bond donors (Lipinski definition) is 2. The molecule has 0 radical (unpaired) electrons. The van der Waals surface area contributed by atoms with Crippen LogP contribution in [0.15, 0.2) is 46.8 Å². The molecule has 9 nitrogen and oxygen atoms in total. The number of carbonyl (C=O) groups is 2. The van der Waals surface area contributed by atoms with Crippen LogP contribution in [0.2, 0.25) is 0 Å². The molecule has 36 heavy (non-hydrogen) atoms. The lowest BCUT2D eigenvalue weighted by Gasteiger charge is -2.10. The van der Waals surface area contributed by atoms with Gasteiger partial charge in [-0.1, -0.05) is 12.1 Å². The van der Waals surface area contributed by atoms with Crippen LogP contribution in [-0.4, -0.2) is 45.1 Å². The Morgan fingerprint density at radius 1 is 1.22 bits per heavy atom.